The van der Waals surface area contributed by atoms with E-state index in [9.17, 15) is 14.4 Å². The minimum atomic E-state index is -0.527. The number of benzene rings is 2. The third-order valence-corrected chi connectivity index (χ3v) is 6.14. The van der Waals surface area contributed by atoms with Crippen molar-refractivity contribution in [3.05, 3.63) is 58.7 Å². The van der Waals surface area contributed by atoms with Crippen LogP contribution in [0, 0.1) is 0 Å². The number of rotatable bonds is 11. The predicted octanol–water partition coefficient (Wildman–Crippen LogP) is 5.14. The highest BCUT2D eigenvalue weighted by atomic mass is 16.5. The summed E-state index contributed by atoms with van der Waals surface area (Å²) in [6.45, 7) is 8.33. The molecule has 35 heavy (non-hydrogen) atoms. The molecule has 0 aliphatic heterocycles. The molecule has 4 N–H and O–H groups in total. The van der Waals surface area contributed by atoms with E-state index in [1.807, 2.05) is 12.1 Å². The second kappa shape index (κ2) is 12.4. The van der Waals surface area contributed by atoms with Gasteiger partial charge in [-0.3, -0.25) is 14.4 Å². The Bertz CT molecular complexity index is 1060. The number of primary amides is 1. The number of hydrogen-bond donors (Lipinski definition) is 3. The molecule has 3 amide bonds. The first-order chi connectivity index (χ1) is 16.5. The number of unbranched alkanes of at least 4 members (excludes halogenated alkanes) is 2. The van der Waals surface area contributed by atoms with Gasteiger partial charge in [-0.1, -0.05) is 59.1 Å². The Hall–Kier alpha value is -3.35. The van der Waals surface area contributed by atoms with E-state index in [1.165, 1.54) is 0 Å². The SMILES string of the molecule is CCCCCC(CC(=O)Nc1cc(C(=O)NC)ccc1C(C)(C)C)c1ccc(C(N)=O)cc1OC. The Morgan fingerprint density at radius 1 is 1.03 bits per heavy atom. The van der Waals surface area contributed by atoms with Gasteiger partial charge in [-0.25, -0.2) is 0 Å². The summed E-state index contributed by atoms with van der Waals surface area (Å²) in [7, 11) is 3.13. The summed E-state index contributed by atoms with van der Waals surface area (Å²) in [5.41, 5.74) is 8.51. The lowest BCUT2D eigenvalue weighted by Crippen LogP contribution is -2.23. The summed E-state index contributed by atoms with van der Waals surface area (Å²) in [5, 5.41) is 5.69. The van der Waals surface area contributed by atoms with Crippen LogP contribution in [0.1, 0.15) is 97.6 Å². The molecule has 190 valence electrons. The van der Waals surface area contributed by atoms with Crippen LogP contribution in [-0.4, -0.2) is 31.9 Å². The Labute approximate surface area is 208 Å². The Morgan fingerprint density at radius 2 is 1.71 bits per heavy atom. The van der Waals surface area contributed by atoms with E-state index in [-0.39, 0.29) is 29.6 Å². The molecule has 1 atom stereocenters. The average Bonchev–Trinajstić information content (AvgIpc) is 2.81. The highest BCUT2D eigenvalue weighted by Crippen LogP contribution is 2.35. The first kappa shape index (κ1) is 27.9. The van der Waals surface area contributed by atoms with Crippen LogP contribution >= 0.6 is 0 Å². The van der Waals surface area contributed by atoms with Crippen LogP contribution in [-0.2, 0) is 10.2 Å². The lowest BCUT2D eigenvalue weighted by Gasteiger charge is -2.25. The van der Waals surface area contributed by atoms with Crippen LogP contribution in [0.4, 0.5) is 5.69 Å². The highest BCUT2D eigenvalue weighted by molar-refractivity contribution is 5.98. The van der Waals surface area contributed by atoms with Crippen molar-refractivity contribution in [1.82, 2.24) is 5.32 Å². The van der Waals surface area contributed by atoms with Crippen molar-refractivity contribution < 1.29 is 19.1 Å². The molecule has 0 saturated carbocycles. The molecular formula is C28H39N3O4. The van der Waals surface area contributed by atoms with Crippen LogP contribution in [0.5, 0.6) is 5.75 Å². The topological polar surface area (TPSA) is 111 Å². The number of ether oxygens (including phenoxy) is 1. The normalized spacial score (nSPS) is 12.1. The van der Waals surface area contributed by atoms with E-state index in [2.05, 4.69) is 38.3 Å². The third kappa shape index (κ3) is 7.57. The summed E-state index contributed by atoms with van der Waals surface area (Å²) < 4.78 is 5.56. The Kier molecular flexibility index (Phi) is 9.87. The van der Waals surface area contributed by atoms with Crippen molar-refractivity contribution in [2.45, 2.75) is 71.1 Å². The zero-order chi connectivity index (χ0) is 26.2. The van der Waals surface area contributed by atoms with E-state index in [1.54, 1.807) is 38.4 Å². The minimum absolute atomic E-state index is 0.0985. The molecule has 7 heteroatoms. The molecule has 0 aromatic heterocycles. The molecule has 0 bridgehead atoms. The van der Waals surface area contributed by atoms with E-state index in [0.29, 0.717) is 22.6 Å². The van der Waals surface area contributed by atoms with Crippen molar-refractivity contribution in [1.29, 1.82) is 0 Å². The maximum absolute atomic E-state index is 13.3. The van der Waals surface area contributed by atoms with Crippen LogP contribution < -0.4 is 21.1 Å². The summed E-state index contributed by atoms with van der Waals surface area (Å²) in [4.78, 5) is 37.1. The summed E-state index contributed by atoms with van der Waals surface area (Å²) >= 11 is 0. The monoisotopic (exact) mass is 481 g/mol. The summed E-state index contributed by atoms with van der Waals surface area (Å²) in [6, 6.07) is 10.5. The van der Waals surface area contributed by atoms with Crippen molar-refractivity contribution in [3.63, 3.8) is 0 Å². The van der Waals surface area contributed by atoms with Gasteiger partial charge in [0, 0.05) is 30.3 Å². The first-order valence-corrected chi connectivity index (χ1v) is 12.2. The average molecular weight is 482 g/mol. The number of carbonyl (C=O) groups is 3. The van der Waals surface area contributed by atoms with Gasteiger partial charge in [-0.15, -0.1) is 0 Å². The number of amides is 3. The van der Waals surface area contributed by atoms with E-state index >= 15 is 0 Å². The van der Waals surface area contributed by atoms with Crippen LogP contribution in [0.15, 0.2) is 36.4 Å². The predicted molar refractivity (Wildman–Crippen MR) is 140 cm³/mol. The fraction of sp³-hybridized carbons (Fsp3) is 0.464. The van der Waals surface area contributed by atoms with Gasteiger partial charge in [-0.2, -0.15) is 0 Å². The molecule has 0 aliphatic rings. The second-order valence-corrected chi connectivity index (χ2v) is 9.86. The van der Waals surface area contributed by atoms with Gasteiger partial charge in [-0.05, 0) is 53.1 Å². The summed E-state index contributed by atoms with van der Waals surface area (Å²) in [6.07, 6.45) is 4.14. The molecule has 0 aliphatic carbocycles. The van der Waals surface area contributed by atoms with Gasteiger partial charge >= 0.3 is 0 Å². The molecule has 0 saturated heterocycles. The third-order valence-electron chi connectivity index (χ3n) is 6.14. The van der Waals surface area contributed by atoms with Gasteiger partial charge < -0.3 is 21.1 Å². The van der Waals surface area contributed by atoms with E-state index in [0.717, 1.165) is 36.8 Å². The largest absolute Gasteiger partial charge is 0.496 e. The molecule has 2 aromatic rings. The number of nitrogens with two attached hydrogens (primary N) is 1. The summed E-state index contributed by atoms with van der Waals surface area (Å²) in [5.74, 6) is -0.433. The first-order valence-electron chi connectivity index (χ1n) is 12.2. The van der Waals surface area contributed by atoms with Gasteiger partial charge in [0.1, 0.15) is 5.75 Å². The lowest BCUT2D eigenvalue weighted by molar-refractivity contribution is -0.116. The fourth-order valence-corrected chi connectivity index (χ4v) is 4.22. The number of carbonyl (C=O) groups excluding carboxylic acids is 3. The maximum Gasteiger partial charge on any atom is 0.251 e. The molecular weight excluding hydrogens is 442 g/mol. The zero-order valence-corrected chi connectivity index (χ0v) is 21.8. The minimum Gasteiger partial charge on any atom is -0.496 e. The number of anilines is 1. The Morgan fingerprint density at radius 3 is 2.29 bits per heavy atom. The molecule has 7 nitrogen and oxygen atoms in total. The molecule has 2 aromatic carbocycles. The smallest absolute Gasteiger partial charge is 0.251 e. The van der Waals surface area contributed by atoms with Crippen LogP contribution in [0.2, 0.25) is 0 Å². The van der Waals surface area contributed by atoms with E-state index in [4.69, 9.17) is 10.5 Å². The zero-order valence-electron chi connectivity index (χ0n) is 21.8. The molecule has 0 heterocycles. The number of hydrogen-bond acceptors (Lipinski definition) is 4. The van der Waals surface area contributed by atoms with Crippen molar-refractivity contribution in [2.24, 2.45) is 5.73 Å². The molecule has 0 spiro atoms. The lowest BCUT2D eigenvalue weighted by atomic mass is 9.84. The van der Waals surface area contributed by atoms with Gasteiger partial charge in [0.15, 0.2) is 0 Å². The standard InChI is InChI=1S/C28H39N3O4/c1-7-8-9-10-18(21-13-11-19(26(29)33)16-24(21)35-6)17-25(32)31-23-15-20(27(34)30-5)12-14-22(23)28(2,3)4/h11-16,18H,7-10,17H2,1-6H3,(H2,29,33)(H,30,34)(H,31,32). The maximum atomic E-state index is 13.3. The van der Waals surface area contributed by atoms with Gasteiger partial charge in [0.25, 0.3) is 5.91 Å². The second-order valence-electron chi connectivity index (χ2n) is 9.86. The number of nitrogens with one attached hydrogen (secondary N) is 2. The highest BCUT2D eigenvalue weighted by Gasteiger charge is 2.24. The molecule has 0 fully saturated rings. The number of methoxy groups -OCH3 is 1. The molecule has 2 rings (SSSR count). The van der Waals surface area contributed by atoms with Gasteiger partial charge in [0.05, 0.1) is 7.11 Å². The van der Waals surface area contributed by atoms with Crippen LogP contribution in [0.25, 0.3) is 0 Å². The Balaban J connectivity index is 2.38. The molecule has 0 radical (unpaired) electrons. The molecule has 1 unspecified atom stereocenters. The van der Waals surface area contributed by atoms with Crippen molar-refractivity contribution in [2.75, 3.05) is 19.5 Å². The van der Waals surface area contributed by atoms with Crippen molar-refractivity contribution >= 4 is 23.4 Å². The fourth-order valence-electron chi connectivity index (χ4n) is 4.22. The quantitative estimate of drug-likeness (QED) is 0.386. The van der Waals surface area contributed by atoms with E-state index < -0.39 is 5.91 Å². The van der Waals surface area contributed by atoms with Crippen LogP contribution in [0.3, 0.4) is 0 Å². The van der Waals surface area contributed by atoms with Gasteiger partial charge in [0.2, 0.25) is 11.8 Å². The van der Waals surface area contributed by atoms with Crippen molar-refractivity contribution in [3.8, 4) is 5.75 Å².